The maximum Gasteiger partial charge on any atom is 0.306 e. The molecule has 0 saturated carbocycles. The summed E-state index contributed by atoms with van der Waals surface area (Å²) in [5.41, 5.74) is 0. The standard InChI is InChI=1S/C61H117N2O7P/c1-7-10-13-16-19-22-25-27-29-31-33-35-38-41-44-47-50-53-60(64)62-58(57-69-71(66,67)68-56-55-63(4,5)6)59(52-49-46-43-40-37-24-21-18-15-12-9-3)70-61(65)54-51-48-45-42-39-36-34-32-30-28-26-23-20-17-14-11-8-2/h19,22,27,29,49,52,58-59H,7-18,20-21,23-26,28,30-48,50-51,53-57H2,1-6H3,(H-,62,64,66,67)/b22-19-,29-27-,52-49+. The molecule has 3 atom stereocenters. The fraction of sp³-hybridized carbons (Fsp3) is 0.869. The van der Waals surface area contributed by atoms with E-state index in [9.17, 15) is 19.0 Å². The molecule has 71 heavy (non-hydrogen) atoms. The zero-order valence-corrected chi connectivity index (χ0v) is 48.6. The topological polar surface area (TPSA) is 114 Å². The monoisotopic (exact) mass is 1020 g/mol. The molecule has 0 aromatic carbocycles. The smallest absolute Gasteiger partial charge is 0.306 e. The molecule has 9 nitrogen and oxygen atoms in total. The van der Waals surface area contributed by atoms with E-state index in [1.54, 1.807) is 0 Å². The van der Waals surface area contributed by atoms with Crippen molar-refractivity contribution in [1.82, 2.24) is 5.32 Å². The van der Waals surface area contributed by atoms with E-state index in [2.05, 4.69) is 50.4 Å². The summed E-state index contributed by atoms with van der Waals surface area (Å²) >= 11 is 0. The second-order valence-corrected chi connectivity index (χ2v) is 23.3. The van der Waals surface area contributed by atoms with Crippen LogP contribution in [0.15, 0.2) is 36.5 Å². The molecular weight excluding hydrogens is 904 g/mol. The number of phosphoric acid groups is 1. The number of likely N-dealkylation sites (N-methyl/N-ethyl adjacent to an activating group) is 1. The number of esters is 1. The van der Waals surface area contributed by atoms with Crippen molar-refractivity contribution in [2.45, 2.75) is 303 Å². The maximum atomic E-state index is 13.5. The number of nitrogens with one attached hydrogen (secondary N) is 1. The molecule has 0 fully saturated rings. The molecule has 0 heterocycles. The number of hydrogen-bond acceptors (Lipinski definition) is 7. The first kappa shape index (κ1) is 69.2. The van der Waals surface area contributed by atoms with Crippen LogP contribution in [0.1, 0.15) is 290 Å². The fourth-order valence-electron chi connectivity index (χ4n) is 8.85. The van der Waals surface area contributed by atoms with Crippen LogP contribution in [0.3, 0.4) is 0 Å². The van der Waals surface area contributed by atoms with Crippen molar-refractivity contribution >= 4 is 19.7 Å². The second kappa shape index (κ2) is 51.7. The van der Waals surface area contributed by atoms with Gasteiger partial charge in [-0.2, -0.15) is 0 Å². The van der Waals surface area contributed by atoms with Crippen molar-refractivity contribution in [2.24, 2.45) is 0 Å². The van der Waals surface area contributed by atoms with Crippen molar-refractivity contribution in [3.8, 4) is 0 Å². The largest absolute Gasteiger partial charge is 0.756 e. The van der Waals surface area contributed by atoms with Gasteiger partial charge in [-0.1, -0.05) is 250 Å². The predicted octanol–water partition coefficient (Wildman–Crippen LogP) is 17.7. The van der Waals surface area contributed by atoms with Crippen LogP contribution < -0.4 is 10.2 Å². The molecule has 0 aliphatic rings. The Morgan fingerprint density at radius 2 is 0.859 bits per heavy atom. The lowest BCUT2D eigenvalue weighted by Gasteiger charge is -2.30. The van der Waals surface area contributed by atoms with Crippen LogP contribution in [0, 0.1) is 0 Å². The maximum absolute atomic E-state index is 13.5. The molecule has 0 saturated heterocycles. The summed E-state index contributed by atoms with van der Waals surface area (Å²) in [6.45, 7) is 6.83. The van der Waals surface area contributed by atoms with Crippen LogP contribution in [-0.4, -0.2) is 69.4 Å². The number of amides is 1. The van der Waals surface area contributed by atoms with E-state index in [4.69, 9.17) is 13.8 Å². The number of allylic oxidation sites excluding steroid dienone is 5. The number of carbonyl (C=O) groups is 2. The van der Waals surface area contributed by atoms with E-state index in [1.807, 2.05) is 33.3 Å². The fourth-order valence-corrected chi connectivity index (χ4v) is 9.57. The lowest BCUT2D eigenvalue weighted by Crippen LogP contribution is -2.47. The van der Waals surface area contributed by atoms with Crippen LogP contribution in [0.25, 0.3) is 0 Å². The summed E-state index contributed by atoms with van der Waals surface area (Å²) in [5.74, 6) is -0.539. The Morgan fingerprint density at radius 1 is 0.493 bits per heavy atom. The van der Waals surface area contributed by atoms with Crippen molar-refractivity contribution < 1.29 is 37.3 Å². The zero-order valence-electron chi connectivity index (χ0n) is 47.7. The molecule has 0 aliphatic carbocycles. The van der Waals surface area contributed by atoms with Gasteiger partial charge >= 0.3 is 5.97 Å². The normalized spacial score (nSPS) is 14.0. The highest BCUT2D eigenvalue weighted by atomic mass is 31.2. The number of unbranched alkanes of at least 4 members (excludes halogenated alkanes) is 35. The van der Waals surface area contributed by atoms with E-state index >= 15 is 0 Å². The van der Waals surface area contributed by atoms with Crippen LogP contribution in [0.4, 0.5) is 0 Å². The van der Waals surface area contributed by atoms with Gasteiger partial charge in [-0.15, -0.1) is 0 Å². The van der Waals surface area contributed by atoms with Gasteiger partial charge in [0.1, 0.15) is 19.3 Å². The number of nitrogens with zero attached hydrogens (tertiary/aromatic N) is 1. The summed E-state index contributed by atoms with van der Waals surface area (Å²) in [6.07, 6.45) is 61.0. The van der Waals surface area contributed by atoms with Crippen LogP contribution in [0.2, 0.25) is 0 Å². The van der Waals surface area contributed by atoms with Crippen LogP contribution >= 0.6 is 7.82 Å². The average Bonchev–Trinajstić information content (AvgIpc) is 3.33. The quantitative estimate of drug-likeness (QED) is 0.0212. The van der Waals surface area contributed by atoms with Gasteiger partial charge in [0.15, 0.2) is 0 Å². The van der Waals surface area contributed by atoms with Crippen molar-refractivity contribution in [2.75, 3.05) is 40.9 Å². The van der Waals surface area contributed by atoms with Gasteiger partial charge in [-0.05, 0) is 63.9 Å². The van der Waals surface area contributed by atoms with Gasteiger partial charge in [-0.25, -0.2) is 0 Å². The highest BCUT2D eigenvalue weighted by Gasteiger charge is 2.27. The minimum Gasteiger partial charge on any atom is -0.756 e. The van der Waals surface area contributed by atoms with Gasteiger partial charge in [0.25, 0.3) is 7.82 Å². The minimum absolute atomic E-state index is 0.0219. The summed E-state index contributed by atoms with van der Waals surface area (Å²) < 4.78 is 30.3. The van der Waals surface area contributed by atoms with Crippen molar-refractivity contribution in [1.29, 1.82) is 0 Å². The molecule has 0 aliphatic heterocycles. The lowest BCUT2D eigenvalue weighted by molar-refractivity contribution is -0.870. The molecule has 1 amide bonds. The first-order valence-corrected chi connectivity index (χ1v) is 31.8. The third-order valence-corrected chi connectivity index (χ3v) is 14.5. The number of phosphoric ester groups is 1. The molecule has 0 radical (unpaired) electrons. The summed E-state index contributed by atoms with van der Waals surface area (Å²) in [4.78, 5) is 39.9. The number of ether oxygens (including phenoxy) is 1. The summed E-state index contributed by atoms with van der Waals surface area (Å²) in [6, 6.07) is -0.887. The Bertz CT molecular complexity index is 1310. The van der Waals surface area contributed by atoms with Gasteiger partial charge < -0.3 is 28.5 Å². The van der Waals surface area contributed by atoms with Crippen molar-refractivity contribution in [3.05, 3.63) is 36.5 Å². The SMILES string of the molecule is CCCCC/C=C\C/C=C\CCCCCCCCCC(=O)NC(COP(=O)([O-])OCC[N+](C)(C)C)C(/C=C/CCCCCCCCCCC)OC(=O)CCCCCCCCCCCCCCCCCCC. The molecular formula is C61H117N2O7P. The Balaban J connectivity index is 5.24. The van der Waals surface area contributed by atoms with E-state index in [0.717, 1.165) is 77.0 Å². The molecule has 418 valence electrons. The summed E-state index contributed by atoms with van der Waals surface area (Å²) in [5, 5.41) is 3.02. The first-order valence-electron chi connectivity index (χ1n) is 30.3. The number of quaternary nitrogens is 1. The molecule has 0 bridgehead atoms. The first-order chi connectivity index (χ1) is 34.4. The highest BCUT2D eigenvalue weighted by molar-refractivity contribution is 7.45. The Kier molecular flexibility index (Phi) is 50.4. The molecule has 0 spiro atoms. The van der Waals surface area contributed by atoms with Gasteiger partial charge in [0.2, 0.25) is 5.91 Å². The molecule has 3 unspecified atom stereocenters. The average molecular weight is 1020 g/mol. The molecule has 10 heteroatoms. The Labute approximate surface area is 440 Å². The third-order valence-electron chi connectivity index (χ3n) is 13.6. The number of rotatable bonds is 55. The predicted molar refractivity (Wildman–Crippen MR) is 303 cm³/mol. The van der Waals surface area contributed by atoms with Crippen LogP contribution in [-0.2, 0) is 27.9 Å². The summed E-state index contributed by atoms with van der Waals surface area (Å²) in [7, 11) is 1.19. The van der Waals surface area contributed by atoms with E-state index in [-0.39, 0.29) is 31.5 Å². The van der Waals surface area contributed by atoms with Gasteiger partial charge in [-0.3, -0.25) is 14.2 Å². The van der Waals surface area contributed by atoms with E-state index < -0.39 is 20.0 Å². The zero-order chi connectivity index (χ0) is 52.2. The highest BCUT2D eigenvalue weighted by Crippen LogP contribution is 2.38. The molecule has 0 aromatic heterocycles. The minimum atomic E-state index is -4.69. The molecule has 0 aromatic rings. The lowest BCUT2D eigenvalue weighted by atomic mass is 10.0. The van der Waals surface area contributed by atoms with E-state index in [1.165, 1.54) is 180 Å². The molecule has 1 N–H and O–H groups in total. The van der Waals surface area contributed by atoms with Crippen molar-refractivity contribution in [3.63, 3.8) is 0 Å². The molecule has 0 rings (SSSR count). The third kappa shape index (κ3) is 52.9. The van der Waals surface area contributed by atoms with E-state index in [0.29, 0.717) is 17.4 Å². The Hall–Kier alpha value is -1.77. The van der Waals surface area contributed by atoms with Crippen LogP contribution in [0.5, 0.6) is 0 Å². The van der Waals surface area contributed by atoms with Gasteiger partial charge in [0.05, 0.1) is 33.8 Å². The number of carbonyl (C=O) groups excluding carboxylic acids is 2. The Morgan fingerprint density at radius 3 is 1.30 bits per heavy atom. The second-order valence-electron chi connectivity index (χ2n) is 21.9. The number of hydrogen-bond donors (Lipinski definition) is 1. The van der Waals surface area contributed by atoms with Gasteiger partial charge in [0, 0.05) is 12.8 Å².